The molecule has 7 heteroatoms. The van der Waals surface area contributed by atoms with Crippen LogP contribution < -0.4 is 19.5 Å². The third-order valence-corrected chi connectivity index (χ3v) is 4.61. The Kier molecular flexibility index (Phi) is 6.61. The molecule has 0 radical (unpaired) electrons. The Balaban J connectivity index is 2.08. The minimum Gasteiger partial charge on any atom is -0.497 e. The van der Waals surface area contributed by atoms with Crippen LogP contribution in [-0.2, 0) is 0 Å². The van der Waals surface area contributed by atoms with Gasteiger partial charge in [-0.2, -0.15) is 5.10 Å². The molecule has 0 bridgehead atoms. The van der Waals surface area contributed by atoms with E-state index < -0.39 is 0 Å². The maximum absolute atomic E-state index is 12.9. The summed E-state index contributed by atoms with van der Waals surface area (Å²) >= 11 is 0. The van der Waals surface area contributed by atoms with Gasteiger partial charge in [-0.15, -0.1) is 0 Å². The van der Waals surface area contributed by atoms with Gasteiger partial charge in [0.25, 0.3) is 5.91 Å². The molecule has 1 heterocycles. The van der Waals surface area contributed by atoms with Gasteiger partial charge in [0.2, 0.25) is 0 Å². The van der Waals surface area contributed by atoms with Crippen molar-refractivity contribution in [1.82, 2.24) is 15.1 Å². The number of amides is 1. The Morgan fingerprint density at radius 3 is 2.23 bits per heavy atom. The van der Waals surface area contributed by atoms with Crippen molar-refractivity contribution in [3.63, 3.8) is 0 Å². The summed E-state index contributed by atoms with van der Waals surface area (Å²) in [7, 11) is 4.81. The third kappa shape index (κ3) is 4.56. The molecule has 2 aromatic carbocycles. The number of aromatic nitrogens is 2. The summed E-state index contributed by atoms with van der Waals surface area (Å²) < 4.78 is 17.7. The monoisotopic (exact) mass is 409 g/mol. The lowest BCUT2D eigenvalue weighted by Gasteiger charge is -2.10. The van der Waals surface area contributed by atoms with Gasteiger partial charge in [-0.1, -0.05) is 13.8 Å². The first kappa shape index (κ1) is 21.2. The highest BCUT2D eigenvalue weighted by Crippen LogP contribution is 2.33. The Hall–Kier alpha value is -3.48. The Morgan fingerprint density at radius 2 is 1.63 bits per heavy atom. The number of nitrogens with one attached hydrogen (secondary N) is 1. The van der Waals surface area contributed by atoms with Crippen LogP contribution in [0.1, 0.15) is 24.3 Å². The van der Waals surface area contributed by atoms with Crippen LogP contribution in [0.3, 0.4) is 0 Å². The molecule has 0 atom stereocenters. The first-order valence-electron chi connectivity index (χ1n) is 9.72. The summed E-state index contributed by atoms with van der Waals surface area (Å²) in [6, 6.07) is 14.7. The second-order valence-corrected chi connectivity index (χ2v) is 7.19. The molecule has 158 valence electrons. The van der Waals surface area contributed by atoms with Crippen molar-refractivity contribution < 1.29 is 19.0 Å². The number of methoxy groups -OCH3 is 3. The van der Waals surface area contributed by atoms with Crippen molar-refractivity contribution in [3.8, 4) is 34.2 Å². The van der Waals surface area contributed by atoms with Gasteiger partial charge >= 0.3 is 0 Å². The lowest BCUT2D eigenvalue weighted by Crippen LogP contribution is -2.29. The minimum absolute atomic E-state index is 0.189. The predicted octanol–water partition coefficient (Wildman–Crippen LogP) is 3.95. The molecule has 1 amide bonds. The topological polar surface area (TPSA) is 74.6 Å². The van der Waals surface area contributed by atoms with E-state index in [1.165, 1.54) is 0 Å². The van der Waals surface area contributed by atoms with Gasteiger partial charge in [-0.05, 0) is 48.4 Å². The van der Waals surface area contributed by atoms with Crippen LogP contribution >= 0.6 is 0 Å². The number of carbonyl (C=O) groups excluding carboxylic acids is 1. The number of hydrogen-bond donors (Lipinski definition) is 1. The SMILES string of the molecule is COc1ccc(-n2nc(-c3ccc(OC)cc3OC)cc2C(=O)NCC(C)C)cc1. The summed E-state index contributed by atoms with van der Waals surface area (Å²) in [4.78, 5) is 12.9. The predicted molar refractivity (Wildman–Crippen MR) is 116 cm³/mol. The number of ether oxygens (including phenoxy) is 3. The maximum Gasteiger partial charge on any atom is 0.270 e. The highest BCUT2D eigenvalue weighted by Gasteiger charge is 2.20. The van der Waals surface area contributed by atoms with Crippen LogP contribution in [0.15, 0.2) is 48.5 Å². The van der Waals surface area contributed by atoms with Gasteiger partial charge in [-0.25, -0.2) is 4.68 Å². The zero-order valence-electron chi connectivity index (χ0n) is 17.9. The fourth-order valence-electron chi connectivity index (χ4n) is 2.99. The van der Waals surface area contributed by atoms with Crippen LogP contribution in [0, 0.1) is 5.92 Å². The van der Waals surface area contributed by atoms with Crippen LogP contribution in [0.25, 0.3) is 16.9 Å². The molecule has 0 aliphatic carbocycles. The molecule has 1 N–H and O–H groups in total. The highest BCUT2D eigenvalue weighted by molar-refractivity contribution is 5.94. The first-order chi connectivity index (χ1) is 14.5. The smallest absolute Gasteiger partial charge is 0.270 e. The standard InChI is InChI=1S/C23H27N3O4/c1-15(2)14-24-23(27)21-13-20(19-11-10-18(29-4)12-22(19)30-5)25-26(21)16-6-8-17(28-3)9-7-16/h6-13,15H,14H2,1-5H3,(H,24,27). The molecule has 7 nitrogen and oxygen atoms in total. The van der Waals surface area contributed by atoms with Crippen LogP contribution in [0.2, 0.25) is 0 Å². The molecule has 0 saturated heterocycles. The van der Waals surface area contributed by atoms with Crippen molar-refractivity contribution in [1.29, 1.82) is 0 Å². The largest absolute Gasteiger partial charge is 0.497 e. The summed E-state index contributed by atoms with van der Waals surface area (Å²) in [5.41, 5.74) is 2.58. The van der Waals surface area contributed by atoms with Gasteiger partial charge in [0.15, 0.2) is 0 Å². The van der Waals surface area contributed by atoms with E-state index in [9.17, 15) is 4.79 Å². The molecule has 0 aliphatic heterocycles. The van der Waals surface area contributed by atoms with E-state index in [-0.39, 0.29) is 5.91 Å². The van der Waals surface area contributed by atoms with Gasteiger partial charge in [0.05, 0.1) is 32.7 Å². The zero-order valence-corrected chi connectivity index (χ0v) is 17.9. The fraction of sp³-hybridized carbons (Fsp3) is 0.304. The molecular weight excluding hydrogens is 382 g/mol. The average Bonchev–Trinajstić information content (AvgIpc) is 3.22. The normalized spacial score (nSPS) is 10.7. The van der Waals surface area contributed by atoms with E-state index in [1.807, 2.05) is 36.4 Å². The minimum atomic E-state index is -0.189. The van der Waals surface area contributed by atoms with Gasteiger partial charge in [0.1, 0.15) is 22.9 Å². The first-order valence-corrected chi connectivity index (χ1v) is 9.72. The van der Waals surface area contributed by atoms with Gasteiger partial charge in [0, 0.05) is 18.2 Å². The van der Waals surface area contributed by atoms with Gasteiger partial charge in [-0.3, -0.25) is 4.79 Å². The van der Waals surface area contributed by atoms with Crippen LogP contribution in [-0.4, -0.2) is 43.6 Å². The molecule has 0 spiro atoms. The average molecular weight is 409 g/mol. The molecule has 3 aromatic rings. The molecule has 30 heavy (non-hydrogen) atoms. The maximum atomic E-state index is 12.9. The highest BCUT2D eigenvalue weighted by atomic mass is 16.5. The second-order valence-electron chi connectivity index (χ2n) is 7.19. The van der Waals surface area contributed by atoms with Crippen molar-refractivity contribution in [2.45, 2.75) is 13.8 Å². The Morgan fingerprint density at radius 1 is 0.967 bits per heavy atom. The number of hydrogen-bond acceptors (Lipinski definition) is 5. The summed E-state index contributed by atoms with van der Waals surface area (Å²) in [5, 5.41) is 7.68. The molecular formula is C23H27N3O4. The summed E-state index contributed by atoms with van der Waals surface area (Å²) in [6.07, 6.45) is 0. The van der Waals surface area contributed by atoms with E-state index in [0.717, 1.165) is 17.0 Å². The van der Waals surface area contributed by atoms with Crippen molar-refractivity contribution >= 4 is 5.91 Å². The van der Waals surface area contributed by atoms with E-state index in [4.69, 9.17) is 19.3 Å². The Bertz CT molecular complexity index is 1010. The fourth-order valence-corrected chi connectivity index (χ4v) is 2.99. The zero-order chi connectivity index (χ0) is 21.7. The van der Waals surface area contributed by atoms with Crippen molar-refractivity contribution in [2.24, 2.45) is 5.92 Å². The number of benzene rings is 2. The molecule has 0 fully saturated rings. The lowest BCUT2D eigenvalue weighted by atomic mass is 10.1. The molecule has 0 aliphatic rings. The molecule has 1 aromatic heterocycles. The van der Waals surface area contributed by atoms with E-state index in [1.54, 1.807) is 38.1 Å². The summed E-state index contributed by atoms with van der Waals surface area (Å²) in [6.45, 7) is 4.68. The number of carbonyl (C=O) groups is 1. The van der Waals surface area contributed by atoms with Crippen molar-refractivity contribution in [2.75, 3.05) is 27.9 Å². The second kappa shape index (κ2) is 9.35. The third-order valence-electron chi connectivity index (χ3n) is 4.61. The Labute approximate surface area is 176 Å². The van der Waals surface area contributed by atoms with Crippen molar-refractivity contribution in [3.05, 3.63) is 54.2 Å². The molecule has 3 rings (SSSR count). The number of nitrogens with zero attached hydrogens (tertiary/aromatic N) is 2. The van der Waals surface area contributed by atoms with E-state index >= 15 is 0 Å². The molecule has 0 saturated carbocycles. The van der Waals surface area contributed by atoms with E-state index in [0.29, 0.717) is 35.3 Å². The van der Waals surface area contributed by atoms with E-state index in [2.05, 4.69) is 19.2 Å². The molecule has 0 unspecified atom stereocenters. The summed E-state index contributed by atoms with van der Waals surface area (Å²) in [5.74, 6) is 2.18. The quantitative estimate of drug-likeness (QED) is 0.610. The van der Waals surface area contributed by atoms with Crippen LogP contribution in [0.5, 0.6) is 17.2 Å². The number of rotatable bonds is 8. The lowest BCUT2D eigenvalue weighted by molar-refractivity contribution is 0.0941. The van der Waals surface area contributed by atoms with Gasteiger partial charge < -0.3 is 19.5 Å². The van der Waals surface area contributed by atoms with Crippen LogP contribution in [0.4, 0.5) is 0 Å².